The van der Waals surface area contributed by atoms with Gasteiger partial charge in [-0.15, -0.1) is 0 Å². The summed E-state index contributed by atoms with van der Waals surface area (Å²) in [6, 6.07) is 0. The third-order valence-electron chi connectivity index (χ3n) is 1.63. The molecule has 0 unspecified atom stereocenters. The summed E-state index contributed by atoms with van der Waals surface area (Å²) in [4.78, 5) is 0. The minimum Gasteiger partial charge on any atom is -0.512 e. The molecule has 0 heterocycles. The van der Waals surface area contributed by atoms with Crippen LogP contribution in [-0.4, -0.2) is 5.11 Å². The van der Waals surface area contributed by atoms with Crippen LogP contribution < -0.4 is 0 Å². The van der Waals surface area contributed by atoms with E-state index >= 15 is 0 Å². The molecule has 1 N–H and O–H groups in total. The van der Waals surface area contributed by atoms with Crippen LogP contribution in [0.25, 0.3) is 0 Å². The van der Waals surface area contributed by atoms with Gasteiger partial charge in [-0.1, -0.05) is 26.0 Å². The Kier molecular flexibility index (Phi) is 5.00. The van der Waals surface area contributed by atoms with E-state index in [1.807, 2.05) is 12.2 Å². The van der Waals surface area contributed by atoms with Crippen LogP contribution in [0.3, 0.4) is 0 Å². The van der Waals surface area contributed by atoms with Gasteiger partial charge in [0.15, 0.2) is 0 Å². The van der Waals surface area contributed by atoms with Crippen molar-refractivity contribution in [1.29, 1.82) is 0 Å². The molecule has 11 heavy (non-hydrogen) atoms. The Morgan fingerprint density at radius 3 is 2.55 bits per heavy atom. The van der Waals surface area contributed by atoms with Crippen molar-refractivity contribution in [3.63, 3.8) is 0 Å². The number of aliphatic hydroxyl groups excluding tert-OH is 1. The molecule has 60 valence electrons. The van der Waals surface area contributed by atoms with Crippen molar-refractivity contribution >= 4 is 0 Å². The Balaban J connectivity index is 0.000001000. The Labute approximate surface area is 87.3 Å². The molecule has 0 atom stereocenters. The van der Waals surface area contributed by atoms with Gasteiger partial charge in [-0.3, -0.25) is 0 Å². The van der Waals surface area contributed by atoms with Gasteiger partial charge in [0.2, 0.25) is 0 Å². The van der Waals surface area contributed by atoms with Gasteiger partial charge in [0.05, 0.1) is 5.76 Å². The van der Waals surface area contributed by atoms with Crippen LogP contribution in [0.15, 0.2) is 23.5 Å². The van der Waals surface area contributed by atoms with Gasteiger partial charge in [0.25, 0.3) is 0 Å². The summed E-state index contributed by atoms with van der Waals surface area (Å²) in [6.07, 6.45) is 5.77. The van der Waals surface area contributed by atoms with Crippen molar-refractivity contribution in [2.24, 2.45) is 5.92 Å². The van der Waals surface area contributed by atoms with E-state index in [1.165, 1.54) is 0 Å². The van der Waals surface area contributed by atoms with Crippen LogP contribution in [0.2, 0.25) is 0 Å². The van der Waals surface area contributed by atoms with Crippen LogP contribution in [0.5, 0.6) is 0 Å². The van der Waals surface area contributed by atoms with E-state index in [4.69, 9.17) is 0 Å². The van der Waals surface area contributed by atoms with E-state index in [9.17, 15) is 5.11 Å². The first-order chi connectivity index (χ1) is 4.70. The van der Waals surface area contributed by atoms with Gasteiger partial charge < -0.3 is 5.11 Å². The van der Waals surface area contributed by atoms with Crippen molar-refractivity contribution in [2.75, 3.05) is 0 Å². The smallest absolute Gasteiger partial charge is 0.0992 e. The number of rotatable bonds is 2. The summed E-state index contributed by atoms with van der Waals surface area (Å²) in [5.74, 6) is 1.20. The van der Waals surface area contributed by atoms with Gasteiger partial charge in [-0.05, 0) is 17.9 Å². The molecule has 0 radical (unpaired) electrons. The van der Waals surface area contributed by atoms with Crippen molar-refractivity contribution in [3.8, 4) is 0 Å². The molecule has 0 aliphatic heterocycles. The van der Waals surface area contributed by atoms with Crippen molar-refractivity contribution < 1.29 is 31.3 Å². The van der Waals surface area contributed by atoms with E-state index in [-0.39, 0.29) is 26.2 Å². The zero-order chi connectivity index (χ0) is 7.56. The summed E-state index contributed by atoms with van der Waals surface area (Å²) in [5.41, 5.74) is 1.12. The Morgan fingerprint density at radius 1 is 1.55 bits per heavy atom. The van der Waals surface area contributed by atoms with Crippen LogP contribution in [0.1, 0.15) is 26.7 Å². The Hall–Kier alpha value is 0.163. The molecule has 2 heteroatoms. The minimum atomic E-state index is 0. The van der Waals surface area contributed by atoms with Crippen LogP contribution in [0, 0.1) is 5.92 Å². The zero-order valence-electron chi connectivity index (χ0n) is 7.09. The van der Waals surface area contributed by atoms with Gasteiger partial charge in [0, 0.05) is 32.6 Å². The molecule has 0 fully saturated rings. The molecule has 0 aromatic rings. The average molecular weight is 229 g/mol. The van der Waals surface area contributed by atoms with Crippen LogP contribution in [-0.2, 0) is 26.2 Å². The van der Waals surface area contributed by atoms with E-state index in [1.54, 1.807) is 0 Å². The maximum Gasteiger partial charge on any atom is 0.0992 e. The summed E-state index contributed by atoms with van der Waals surface area (Å²) in [7, 11) is 0. The summed E-state index contributed by atoms with van der Waals surface area (Å²) >= 11 is 0. The first kappa shape index (κ1) is 11.2. The second-order valence-electron chi connectivity index (χ2n) is 3.18. The second kappa shape index (κ2) is 4.92. The maximum atomic E-state index is 9.25. The molecule has 1 aliphatic carbocycles. The molecular formula is C9H14OZr. The van der Waals surface area contributed by atoms with E-state index in [0.29, 0.717) is 11.7 Å². The SMILES string of the molecule is CC(C)CC1=C(O)CC=C1.[Zr]. The van der Waals surface area contributed by atoms with Gasteiger partial charge in [-0.2, -0.15) is 0 Å². The minimum absolute atomic E-state index is 0. The quantitative estimate of drug-likeness (QED) is 0.772. The number of aliphatic hydroxyl groups is 1. The monoisotopic (exact) mass is 228 g/mol. The number of allylic oxidation sites excluding steroid dienone is 3. The molecule has 0 amide bonds. The van der Waals surface area contributed by atoms with E-state index in [0.717, 1.165) is 18.4 Å². The molecule has 1 aliphatic rings. The van der Waals surface area contributed by atoms with Crippen molar-refractivity contribution in [3.05, 3.63) is 23.5 Å². The van der Waals surface area contributed by atoms with Crippen molar-refractivity contribution in [2.45, 2.75) is 26.7 Å². The molecule has 0 bridgehead atoms. The fourth-order valence-corrected chi connectivity index (χ4v) is 1.17. The fourth-order valence-electron chi connectivity index (χ4n) is 1.17. The molecule has 1 nitrogen and oxygen atoms in total. The van der Waals surface area contributed by atoms with Gasteiger partial charge in [0.1, 0.15) is 0 Å². The zero-order valence-corrected chi connectivity index (χ0v) is 9.55. The van der Waals surface area contributed by atoms with Crippen molar-refractivity contribution in [1.82, 2.24) is 0 Å². The first-order valence-corrected chi connectivity index (χ1v) is 3.77. The normalized spacial score (nSPS) is 15.9. The molecular weight excluding hydrogens is 215 g/mol. The third-order valence-corrected chi connectivity index (χ3v) is 1.63. The molecule has 1 rings (SSSR count). The predicted molar refractivity (Wildman–Crippen MR) is 42.9 cm³/mol. The predicted octanol–water partition coefficient (Wildman–Crippen LogP) is 2.80. The molecule has 0 spiro atoms. The summed E-state index contributed by atoms with van der Waals surface area (Å²) in [6.45, 7) is 4.32. The Bertz CT molecular complexity index is 180. The molecule has 0 aromatic heterocycles. The summed E-state index contributed by atoms with van der Waals surface area (Å²) < 4.78 is 0. The average Bonchev–Trinajstić information content (AvgIpc) is 2.15. The van der Waals surface area contributed by atoms with E-state index in [2.05, 4.69) is 13.8 Å². The largest absolute Gasteiger partial charge is 0.512 e. The third kappa shape index (κ3) is 3.38. The maximum absolute atomic E-state index is 9.25. The van der Waals surface area contributed by atoms with Crippen LogP contribution >= 0.6 is 0 Å². The number of hydrogen-bond donors (Lipinski definition) is 1. The Morgan fingerprint density at radius 2 is 2.18 bits per heavy atom. The van der Waals surface area contributed by atoms with Crippen LogP contribution in [0.4, 0.5) is 0 Å². The van der Waals surface area contributed by atoms with E-state index < -0.39 is 0 Å². The topological polar surface area (TPSA) is 20.2 Å². The molecule has 0 saturated carbocycles. The summed E-state index contributed by atoms with van der Waals surface area (Å²) in [5, 5.41) is 9.25. The molecule has 0 aromatic carbocycles. The standard InChI is InChI=1S/C9H14O.Zr/c1-7(2)6-8-4-3-5-9(8)10;/h3-4,7,10H,5-6H2,1-2H3;. The fraction of sp³-hybridized carbons (Fsp3) is 0.556. The van der Waals surface area contributed by atoms with Gasteiger partial charge in [-0.25, -0.2) is 0 Å². The first-order valence-electron chi connectivity index (χ1n) is 3.77. The van der Waals surface area contributed by atoms with Gasteiger partial charge >= 0.3 is 0 Å². The number of hydrogen-bond acceptors (Lipinski definition) is 1. The molecule has 0 saturated heterocycles. The second-order valence-corrected chi connectivity index (χ2v) is 3.18.